The van der Waals surface area contributed by atoms with Gasteiger partial charge in [0.2, 0.25) is 0 Å². The molecule has 0 atom stereocenters. The van der Waals surface area contributed by atoms with Crippen LogP contribution in [0.2, 0.25) is 0 Å². The highest BCUT2D eigenvalue weighted by Gasteiger charge is 2.15. The van der Waals surface area contributed by atoms with Gasteiger partial charge in [-0.1, -0.05) is 15.9 Å². The molecule has 72 valence electrons. The number of rotatable bonds is 1. The minimum absolute atomic E-state index is 0.846. The fourth-order valence-electron chi connectivity index (χ4n) is 1.09. The van der Waals surface area contributed by atoms with Crippen LogP contribution in [0.4, 0.5) is 0 Å². The fraction of sp³-hybridized carbons (Fsp3) is 0.333. The smallest absolute Gasteiger partial charge is 0.147 e. The lowest BCUT2D eigenvalue weighted by Gasteiger charge is -2.13. The molecule has 0 saturated carbocycles. The van der Waals surface area contributed by atoms with Gasteiger partial charge in [0.05, 0.1) is 16.1 Å². The van der Waals surface area contributed by atoms with E-state index in [1.165, 1.54) is 0 Å². The molecule has 4 heteroatoms. The molecule has 0 heterocycles. The van der Waals surface area contributed by atoms with Gasteiger partial charge in [0, 0.05) is 4.47 Å². The molecular weight excluding hydrogens is 364 g/mol. The van der Waals surface area contributed by atoms with Gasteiger partial charge in [0.1, 0.15) is 5.75 Å². The summed E-state index contributed by atoms with van der Waals surface area (Å²) in [5, 5.41) is 0. The second kappa shape index (κ2) is 4.32. The Kier molecular flexibility index (Phi) is 3.83. The quantitative estimate of drug-likeness (QED) is 0.700. The minimum Gasteiger partial charge on any atom is -0.494 e. The second-order valence-corrected chi connectivity index (χ2v) is 5.10. The zero-order valence-corrected chi connectivity index (χ0v) is 12.3. The molecule has 0 radical (unpaired) electrons. The molecule has 0 spiro atoms. The highest BCUT2D eigenvalue weighted by atomic mass is 79.9. The van der Waals surface area contributed by atoms with Crippen molar-refractivity contribution in [1.29, 1.82) is 0 Å². The summed E-state index contributed by atoms with van der Waals surface area (Å²) in [6.45, 7) is 4.08. The molecular formula is C9H9Br3O. The van der Waals surface area contributed by atoms with Crippen LogP contribution in [0.5, 0.6) is 5.75 Å². The molecule has 0 N–H and O–H groups in total. The summed E-state index contributed by atoms with van der Waals surface area (Å²) in [6, 6.07) is 0. The van der Waals surface area contributed by atoms with Gasteiger partial charge < -0.3 is 4.74 Å². The molecule has 0 aliphatic rings. The van der Waals surface area contributed by atoms with E-state index in [0.717, 1.165) is 30.3 Å². The first kappa shape index (κ1) is 11.5. The lowest BCUT2D eigenvalue weighted by atomic mass is 10.1. The van der Waals surface area contributed by atoms with Crippen molar-refractivity contribution in [1.82, 2.24) is 0 Å². The number of ether oxygens (including phenoxy) is 1. The maximum Gasteiger partial charge on any atom is 0.147 e. The molecule has 0 aliphatic heterocycles. The molecule has 1 aromatic rings. The van der Waals surface area contributed by atoms with E-state index in [1.54, 1.807) is 7.11 Å². The van der Waals surface area contributed by atoms with Crippen molar-refractivity contribution >= 4 is 47.8 Å². The largest absolute Gasteiger partial charge is 0.494 e. The van der Waals surface area contributed by atoms with Crippen LogP contribution in [-0.4, -0.2) is 7.11 Å². The van der Waals surface area contributed by atoms with Crippen molar-refractivity contribution in [3.05, 3.63) is 24.5 Å². The number of halogens is 3. The van der Waals surface area contributed by atoms with Crippen LogP contribution in [0, 0.1) is 13.8 Å². The number of benzene rings is 1. The molecule has 0 aromatic heterocycles. The van der Waals surface area contributed by atoms with Crippen molar-refractivity contribution in [3.63, 3.8) is 0 Å². The fourth-order valence-corrected chi connectivity index (χ4v) is 3.40. The minimum atomic E-state index is 0.846. The Hall–Kier alpha value is 0.460. The molecule has 13 heavy (non-hydrogen) atoms. The molecule has 0 amide bonds. The Morgan fingerprint density at radius 2 is 1.23 bits per heavy atom. The van der Waals surface area contributed by atoms with E-state index in [1.807, 2.05) is 13.8 Å². The van der Waals surface area contributed by atoms with Crippen LogP contribution in [0.3, 0.4) is 0 Å². The SMILES string of the molecule is COc1c(Br)c(C)c(Br)c(C)c1Br. The summed E-state index contributed by atoms with van der Waals surface area (Å²) in [5.41, 5.74) is 2.30. The maximum atomic E-state index is 5.28. The van der Waals surface area contributed by atoms with Gasteiger partial charge in [-0.3, -0.25) is 0 Å². The van der Waals surface area contributed by atoms with Crippen LogP contribution < -0.4 is 4.74 Å². The van der Waals surface area contributed by atoms with Crippen molar-refractivity contribution < 1.29 is 4.74 Å². The van der Waals surface area contributed by atoms with Crippen molar-refractivity contribution in [2.45, 2.75) is 13.8 Å². The van der Waals surface area contributed by atoms with Crippen LogP contribution in [0.15, 0.2) is 13.4 Å². The van der Waals surface area contributed by atoms with Crippen LogP contribution in [0.25, 0.3) is 0 Å². The Labute approximate surface area is 103 Å². The van der Waals surface area contributed by atoms with E-state index >= 15 is 0 Å². The summed E-state index contributed by atoms with van der Waals surface area (Å²) < 4.78 is 8.35. The highest BCUT2D eigenvalue weighted by molar-refractivity contribution is 9.11. The lowest BCUT2D eigenvalue weighted by Crippen LogP contribution is -1.93. The van der Waals surface area contributed by atoms with Crippen molar-refractivity contribution in [2.75, 3.05) is 7.11 Å². The first-order valence-corrected chi connectivity index (χ1v) is 6.06. The van der Waals surface area contributed by atoms with Gasteiger partial charge >= 0.3 is 0 Å². The third-order valence-corrected chi connectivity index (χ3v) is 5.02. The molecule has 1 nitrogen and oxygen atoms in total. The van der Waals surface area contributed by atoms with E-state index < -0.39 is 0 Å². The average molecular weight is 373 g/mol. The lowest BCUT2D eigenvalue weighted by molar-refractivity contribution is 0.408. The summed E-state index contributed by atoms with van der Waals surface area (Å²) in [5.74, 6) is 0.846. The maximum absolute atomic E-state index is 5.28. The van der Waals surface area contributed by atoms with E-state index in [9.17, 15) is 0 Å². The van der Waals surface area contributed by atoms with Crippen LogP contribution in [-0.2, 0) is 0 Å². The highest BCUT2D eigenvalue weighted by Crippen LogP contribution is 2.42. The van der Waals surface area contributed by atoms with E-state index in [4.69, 9.17) is 4.74 Å². The average Bonchev–Trinajstić information content (AvgIpc) is 2.13. The summed E-state index contributed by atoms with van der Waals surface area (Å²) in [4.78, 5) is 0. The van der Waals surface area contributed by atoms with Gasteiger partial charge in [0.25, 0.3) is 0 Å². The summed E-state index contributed by atoms with van der Waals surface area (Å²) in [7, 11) is 1.66. The van der Waals surface area contributed by atoms with Gasteiger partial charge in [-0.2, -0.15) is 0 Å². The molecule has 1 rings (SSSR count). The van der Waals surface area contributed by atoms with Crippen LogP contribution >= 0.6 is 47.8 Å². The van der Waals surface area contributed by atoms with Crippen molar-refractivity contribution in [3.8, 4) is 5.75 Å². The van der Waals surface area contributed by atoms with E-state index in [0.29, 0.717) is 0 Å². The summed E-state index contributed by atoms with van der Waals surface area (Å²) in [6.07, 6.45) is 0. The zero-order chi connectivity index (χ0) is 10.2. The first-order valence-electron chi connectivity index (χ1n) is 3.68. The molecule has 1 aromatic carbocycles. The standard InChI is InChI=1S/C9H9Br3O/c1-4-6(10)5(2)8(12)9(13-3)7(4)11/h1-3H3. The molecule has 0 aliphatic carbocycles. The predicted octanol–water partition coefficient (Wildman–Crippen LogP) is 4.60. The monoisotopic (exact) mass is 370 g/mol. The molecule has 0 unspecified atom stereocenters. The topological polar surface area (TPSA) is 9.23 Å². The number of methoxy groups -OCH3 is 1. The second-order valence-electron chi connectivity index (χ2n) is 2.73. The third-order valence-electron chi connectivity index (χ3n) is 1.92. The molecule has 0 fully saturated rings. The third kappa shape index (κ3) is 1.95. The zero-order valence-electron chi connectivity index (χ0n) is 7.54. The normalized spacial score (nSPS) is 10.3. The van der Waals surface area contributed by atoms with Gasteiger partial charge in [-0.25, -0.2) is 0 Å². The Balaban J connectivity index is 3.56. The number of hydrogen-bond acceptors (Lipinski definition) is 1. The first-order chi connectivity index (χ1) is 6.00. The Morgan fingerprint density at radius 3 is 1.54 bits per heavy atom. The van der Waals surface area contributed by atoms with Gasteiger partial charge in [-0.05, 0) is 56.8 Å². The van der Waals surface area contributed by atoms with E-state index in [2.05, 4.69) is 47.8 Å². The van der Waals surface area contributed by atoms with Gasteiger partial charge in [-0.15, -0.1) is 0 Å². The number of hydrogen-bond donors (Lipinski definition) is 0. The Bertz CT molecular complexity index is 318. The molecule has 0 bridgehead atoms. The van der Waals surface area contributed by atoms with E-state index in [-0.39, 0.29) is 0 Å². The van der Waals surface area contributed by atoms with Crippen LogP contribution in [0.1, 0.15) is 11.1 Å². The van der Waals surface area contributed by atoms with Gasteiger partial charge in [0.15, 0.2) is 0 Å². The molecule has 0 saturated heterocycles. The summed E-state index contributed by atoms with van der Waals surface area (Å²) >= 11 is 10.5. The predicted molar refractivity (Wildman–Crippen MR) is 65.6 cm³/mol. The Morgan fingerprint density at radius 1 is 0.846 bits per heavy atom. The van der Waals surface area contributed by atoms with Crippen molar-refractivity contribution in [2.24, 2.45) is 0 Å².